The first-order valence-electron chi connectivity index (χ1n) is 7.83. The fraction of sp³-hybridized carbons (Fsp3) is 0.211. The van der Waals surface area contributed by atoms with Crippen molar-refractivity contribution in [3.8, 4) is 0 Å². The molecule has 1 aliphatic heterocycles. The van der Waals surface area contributed by atoms with Gasteiger partial charge in [0.1, 0.15) is 0 Å². The maximum atomic E-state index is 13.2. The summed E-state index contributed by atoms with van der Waals surface area (Å²) in [6, 6.07) is 11.9. The zero-order chi connectivity index (χ0) is 18.2. The number of halogens is 1. The molecule has 2 aromatic carbocycles. The third-order valence-corrected chi connectivity index (χ3v) is 5.63. The molecule has 1 heterocycles. The van der Waals surface area contributed by atoms with Gasteiger partial charge in [0.25, 0.3) is 5.91 Å². The number of hydrogen-bond acceptors (Lipinski definition) is 3. The van der Waals surface area contributed by atoms with Gasteiger partial charge in [0, 0.05) is 21.7 Å². The van der Waals surface area contributed by atoms with Crippen LogP contribution in [-0.4, -0.2) is 26.1 Å². The number of aryl methyl sites for hydroxylation is 2. The Kier molecular flexibility index (Phi) is 4.71. The van der Waals surface area contributed by atoms with Crippen molar-refractivity contribution in [1.82, 2.24) is 0 Å². The molecule has 25 heavy (non-hydrogen) atoms. The second-order valence-electron chi connectivity index (χ2n) is 6.26. The number of sulfone groups is 1. The molecule has 6 heteroatoms. The van der Waals surface area contributed by atoms with Crippen LogP contribution in [0.5, 0.6) is 0 Å². The molecule has 0 aromatic heterocycles. The fourth-order valence-corrected chi connectivity index (χ4v) is 4.49. The molecule has 130 valence electrons. The Balaban J connectivity index is 2.09. The zero-order valence-corrected chi connectivity index (χ0v) is 15.5. The molecule has 0 bridgehead atoms. The van der Waals surface area contributed by atoms with Crippen LogP contribution in [0.25, 0.3) is 0 Å². The lowest BCUT2D eigenvalue weighted by Gasteiger charge is -2.28. The van der Waals surface area contributed by atoms with E-state index in [9.17, 15) is 13.2 Å². The Morgan fingerprint density at radius 3 is 2.36 bits per heavy atom. The van der Waals surface area contributed by atoms with Crippen LogP contribution in [0, 0.1) is 13.8 Å². The molecular formula is C19H18ClNO3S. The molecule has 0 radical (unpaired) electrons. The molecule has 0 aliphatic carbocycles. The number of anilines is 1. The third kappa shape index (κ3) is 3.94. The van der Waals surface area contributed by atoms with Gasteiger partial charge in [-0.25, -0.2) is 8.42 Å². The summed E-state index contributed by atoms with van der Waals surface area (Å²) in [4.78, 5) is 14.7. The molecule has 2 aromatic rings. The normalized spacial score (nSPS) is 18.3. The molecule has 4 nitrogen and oxygen atoms in total. The standard InChI is InChI=1S/C19H18ClNO3S/c1-13-8-14(2)10-18(9-13)21(17-6-7-25(23,24)12-17)19(22)15-4-3-5-16(20)11-15/h3-11,17H,12H2,1-2H3/t17-/m1/s1. The average molecular weight is 376 g/mol. The summed E-state index contributed by atoms with van der Waals surface area (Å²) in [7, 11) is -3.29. The monoisotopic (exact) mass is 375 g/mol. The van der Waals surface area contributed by atoms with Gasteiger partial charge in [-0.3, -0.25) is 4.79 Å². The minimum absolute atomic E-state index is 0.119. The van der Waals surface area contributed by atoms with E-state index in [1.807, 2.05) is 32.0 Å². The van der Waals surface area contributed by atoms with E-state index >= 15 is 0 Å². The van der Waals surface area contributed by atoms with Crippen LogP contribution < -0.4 is 4.90 Å². The van der Waals surface area contributed by atoms with E-state index in [2.05, 4.69) is 0 Å². The molecule has 0 N–H and O–H groups in total. The van der Waals surface area contributed by atoms with Crippen molar-refractivity contribution in [1.29, 1.82) is 0 Å². The van der Waals surface area contributed by atoms with Crippen LogP contribution in [0.4, 0.5) is 5.69 Å². The van der Waals surface area contributed by atoms with E-state index in [0.717, 1.165) is 11.1 Å². The first kappa shape index (κ1) is 17.7. The molecule has 1 aliphatic rings. The summed E-state index contributed by atoms with van der Waals surface area (Å²) in [6.07, 6.45) is 1.56. The first-order valence-corrected chi connectivity index (χ1v) is 9.93. The highest BCUT2D eigenvalue weighted by molar-refractivity contribution is 7.94. The summed E-state index contributed by atoms with van der Waals surface area (Å²) < 4.78 is 23.8. The molecule has 1 amide bonds. The first-order chi connectivity index (χ1) is 11.7. The van der Waals surface area contributed by atoms with E-state index in [1.54, 1.807) is 30.3 Å². The molecule has 0 saturated carbocycles. The second-order valence-corrected chi connectivity index (χ2v) is 8.62. The Morgan fingerprint density at radius 1 is 1.12 bits per heavy atom. The van der Waals surface area contributed by atoms with Crippen molar-refractivity contribution >= 4 is 33.0 Å². The minimum Gasteiger partial charge on any atom is -0.300 e. The second kappa shape index (κ2) is 6.65. The lowest BCUT2D eigenvalue weighted by molar-refractivity contribution is 0.0983. The van der Waals surface area contributed by atoms with Crippen molar-refractivity contribution < 1.29 is 13.2 Å². The summed E-state index contributed by atoms with van der Waals surface area (Å²) in [6.45, 7) is 3.89. The largest absolute Gasteiger partial charge is 0.300 e. The number of benzene rings is 2. The number of nitrogens with zero attached hydrogens (tertiary/aromatic N) is 1. The lowest BCUT2D eigenvalue weighted by atomic mass is 10.1. The predicted molar refractivity (Wildman–Crippen MR) is 101 cm³/mol. The molecule has 0 fully saturated rings. The van der Waals surface area contributed by atoms with Crippen molar-refractivity contribution in [2.24, 2.45) is 0 Å². The van der Waals surface area contributed by atoms with Crippen LogP contribution in [-0.2, 0) is 9.84 Å². The Hall–Kier alpha value is -2.11. The van der Waals surface area contributed by atoms with Crippen LogP contribution in [0.3, 0.4) is 0 Å². The van der Waals surface area contributed by atoms with Gasteiger partial charge >= 0.3 is 0 Å². The van der Waals surface area contributed by atoms with Crippen molar-refractivity contribution in [3.05, 3.63) is 75.7 Å². The Bertz CT molecular complexity index is 946. The van der Waals surface area contributed by atoms with Gasteiger partial charge in [-0.15, -0.1) is 0 Å². The maximum absolute atomic E-state index is 13.2. The van der Waals surface area contributed by atoms with Gasteiger partial charge < -0.3 is 4.90 Å². The highest BCUT2D eigenvalue weighted by Gasteiger charge is 2.32. The van der Waals surface area contributed by atoms with E-state index in [0.29, 0.717) is 16.3 Å². The van der Waals surface area contributed by atoms with Gasteiger partial charge in [-0.1, -0.05) is 23.7 Å². The number of hydrogen-bond donors (Lipinski definition) is 0. The van der Waals surface area contributed by atoms with Crippen LogP contribution >= 0.6 is 11.6 Å². The highest BCUT2D eigenvalue weighted by atomic mass is 35.5. The fourth-order valence-electron chi connectivity index (χ4n) is 3.03. The molecule has 0 spiro atoms. The van der Waals surface area contributed by atoms with Gasteiger partial charge in [-0.2, -0.15) is 0 Å². The predicted octanol–water partition coefficient (Wildman–Crippen LogP) is 3.91. The average Bonchev–Trinajstić information content (AvgIpc) is 2.86. The number of rotatable bonds is 3. The maximum Gasteiger partial charge on any atom is 0.258 e. The molecule has 3 rings (SSSR count). The molecule has 0 unspecified atom stereocenters. The van der Waals surface area contributed by atoms with Crippen molar-refractivity contribution in [2.75, 3.05) is 10.7 Å². The highest BCUT2D eigenvalue weighted by Crippen LogP contribution is 2.27. The molecule has 1 atom stereocenters. The molecule has 0 saturated heterocycles. The van der Waals surface area contributed by atoms with E-state index in [4.69, 9.17) is 11.6 Å². The van der Waals surface area contributed by atoms with E-state index < -0.39 is 15.9 Å². The van der Waals surface area contributed by atoms with Crippen LogP contribution in [0.15, 0.2) is 53.9 Å². The van der Waals surface area contributed by atoms with E-state index in [1.165, 1.54) is 10.3 Å². The lowest BCUT2D eigenvalue weighted by Crippen LogP contribution is -2.41. The Labute approximate surface area is 152 Å². The van der Waals surface area contributed by atoms with Gasteiger partial charge in [0.2, 0.25) is 0 Å². The van der Waals surface area contributed by atoms with Crippen LogP contribution in [0.1, 0.15) is 21.5 Å². The zero-order valence-electron chi connectivity index (χ0n) is 13.9. The smallest absolute Gasteiger partial charge is 0.258 e. The summed E-state index contributed by atoms with van der Waals surface area (Å²) in [5.41, 5.74) is 3.10. The third-order valence-electron chi connectivity index (χ3n) is 4.02. The van der Waals surface area contributed by atoms with Crippen molar-refractivity contribution in [3.63, 3.8) is 0 Å². The number of carbonyl (C=O) groups is 1. The number of carbonyl (C=O) groups excluding carboxylic acids is 1. The van der Waals surface area contributed by atoms with E-state index in [-0.39, 0.29) is 11.7 Å². The topological polar surface area (TPSA) is 54.5 Å². The summed E-state index contributed by atoms with van der Waals surface area (Å²) >= 11 is 6.01. The van der Waals surface area contributed by atoms with Gasteiger partial charge in [-0.05, 0) is 61.4 Å². The van der Waals surface area contributed by atoms with Crippen LogP contribution in [0.2, 0.25) is 5.02 Å². The summed E-state index contributed by atoms with van der Waals surface area (Å²) in [5.74, 6) is -0.397. The number of amides is 1. The van der Waals surface area contributed by atoms with Crippen molar-refractivity contribution in [2.45, 2.75) is 19.9 Å². The van der Waals surface area contributed by atoms with Gasteiger partial charge in [0.15, 0.2) is 9.84 Å². The quantitative estimate of drug-likeness (QED) is 0.817. The minimum atomic E-state index is -3.29. The van der Waals surface area contributed by atoms with Gasteiger partial charge in [0.05, 0.1) is 11.8 Å². The summed E-state index contributed by atoms with van der Waals surface area (Å²) in [5, 5.41) is 1.64. The SMILES string of the molecule is Cc1cc(C)cc(N(C(=O)c2cccc(Cl)c2)[C@@H]2C=CS(=O)(=O)C2)c1. The molecular weight excluding hydrogens is 358 g/mol. The Morgan fingerprint density at radius 2 is 1.80 bits per heavy atom.